The van der Waals surface area contributed by atoms with Crippen LogP contribution in [0.25, 0.3) is 0 Å². The molecular weight excluding hydrogens is 374 g/mol. The van der Waals surface area contributed by atoms with Crippen molar-refractivity contribution in [1.82, 2.24) is 15.6 Å². The third kappa shape index (κ3) is 5.66. The molecule has 0 atom stereocenters. The van der Waals surface area contributed by atoms with Gasteiger partial charge in [0.1, 0.15) is 0 Å². The van der Waals surface area contributed by atoms with E-state index in [9.17, 15) is 9.59 Å². The van der Waals surface area contributed by atoms with Gasteiger partial charge >= 0.3 is 0 Å². The van der Waals surface area contributed by atoms with Crippen molar-refractivity contribution >= 4 is 23.4 Å². The van der Waals surface area contributed by atoms with Crippen molar-refractivity contribution in [2.24, 2.45) is 0 Å². The second-order valence-electron chi connectivity index (χ2n) is 6.26. The zero-order valence-electron chi connectivity index (χ0n) is 15.2. The molecule has 3 aromatic rings. The van der Waals surface area contributed by atoms with Gasteiger partial charge in [0.2, 0.25) is 0 Å². The van der Waals surface area contributed by atoms with E-state index >= 15 is 0 Å². The highest BCUT2D eigenvalue weighted by atomic mass is 35.5. The first-order valence-electron chi connectivity index (χ1n) is 8.91. The highest BCUT2D eigenvalue weighted by molar-refractivity contribution is 6.30. The number of hydrogen-bond acceptors (Lipinski definition) is 3. The summed E-state index contributed by atoms with van der Waals surface area (Å²) in [5.41, 5.74) is 2.84. The molecule has 1 heterocycles. The summed E-state index contributed by atoms with van der Waals surface area (Å²) in [6.45, 7) is 0.860. The van der Waals surface area contributed by atoms with Gasteiger partial charge in [-0.15, -0.1) is 0 Å². The molecule has 0 saturated carbocycles. The average molecular weight is 394 g/mol. The maximum atomic E-state index is 12.4. The van der Waals surface area contributed by atoms with Gasteiger partial charge in [0.25, 0.3) is 11.8 Å². The standard InChI is InChI=1S/C22H20ClN3O2/c23-20-8-1-4-16(12-20)9-11-25-21(27)18-6-2-7-19(13-18)22(28)26-15-17-5-3-10-24-14-17/h1-8,10,12-14H,9,11,15H2,(H,25,27)(H,26,28). The van der Waals surface area contributed by atoms with Gasteiger partial charge in [0.15, 0.2) is 0 Å². The summed E-state index contributed by atoms with van der Waals surface area (Å²) in [4.78, 5) is 28.7. The van der Waals surface area contributed by atoms with E-state index in [2.05, 4.69) is 15.6 Å². The van der Waals surface area contributed by atoms with Crippen LogP contribution in [0.15, 0.2) is 73.1 Å². The lowest BCUT2D eigenvalue weighted by atomic mass is 10.1. The largest absolute Gasteiger partial charge is 0.352 e. The number of amides is 2. The normalized spacial score (nSPS) is 10.3. The summed E-state index contributed by atoms with van der Waals surface area (Å²) < 4.78 is 0. The molecule has 0 fully saturated rings. The first-order valence-corrected chi connectivity index (χ1v) is 9.29. The van der Waals surface area contributed by atoms with E-state index < -0.39 is 0 Å². The molecule has 0 saturated heterocycles. The number of aromatic nitrogens is 1. The van der Waals surface area contributed by atoms with Crippen LogP contribution in [0.3, 0.4) is 0 Å². The number of pyridine rings is 1. The lowest BCUT2D eigenvalue weighted by Gasteiger charge is -2.08. The van der Waals surface area contributed by atoms with Crippen LogP contribution in [0.5, 0.6) is 0 Å². The minimum Gasteiger partial charge on any atom is -0.352 e. The van der Waals surface area contributed by atoms with Gasteiger partial charge in [-0.3, -0.25) is 14.6 Å². The van der Waals surface area contributed by atoms with E-state index in [-0.39, 0.29) is 11.8 Å². The Balaban J connectivity index is 1.54. The first kappa shape index (κ1) is 19.6. The Morgan fingerprint density at radius 3 is 2.29 bits per heavy atom. The molecule has 0 aliphatic rings. The number of nitrogens with one attached hydrogen (secondary N) is 2. The van der Waals surface area contributed by atoms with Gasteiger partial charge in [-0.05, 0) is 53.9 Å². The summed E-state index contributed by atoms with van der Waals surface area (Å²) in [6.07, 6.45) is 4.06. The SMILES string of the molecule is O=C(NCCc1cccc(Cl)c1)c1cccc(C(=O)NCc2cccnc2)c1. The van der Waals surface area contributed by atoms with E-state index in [1.807, 2.05) is 36.4 Å². The molecule has 5 nitrogen and oxygen atoms in total. The molecule has 142 valence electrons. The lowest BCUT2D eigenvalue weighted by molar-refractivity contribution is 0.0950. The number of nitrogens with zero attached hydrogens (tertiary/aromatic N) is 1. The van der Waals surface area contributed by atoms with Gasteiger partial charge in [-0.25, -0.2) is 0 Å². The molecule has 0 bridgehead atoms. The third-order valence-electron chi connectivity index (χ3n) is 4.15. The minimum absolute atomic E-state index is 0.219. The third-order valence-corrected chi connectivity index (χ3v) is 4.39. The van der Waals surface area contributed by atoms with Crippen LogP contribution in [0.1, 0.15) is 31.8 Å². The van der Waals surface area contributed by atoms with Crippen LogP contribution in [0.4, 0.5) is 0 Å². The summed E-state index contributed by atoms with van der Waals surface area (Å²) >= 11 is 5.97. The Morgan fingerprint density at radius 1 is 0.857 bits per heavy atom. The molecule has 2 amide bonds. The molecule has 0 aliphatic carbocycles. The minimum atomic E-state index is -0.238. The topological polar surface area (TPSA) is 71.1 Å². The lowest BCUT2D eigenvalue weighted by Crippen LogP contribution is -2.27. The van der Waals surface area contributed by atoms with E-state index in [4.69, 9.17) is 11.6 Å². The van der Waals surface area contributed by atoms with Gasteiger partial charge in [0, 0.05) is 41.6 Å². The fourth-order valence-electron chi connectivity index (χ4n) is 2.70. The van der Waals surface area contributed by atoms with Crippen molar-refractivity contribution in [3.8, 4) is 0 Å². The van der Waals surface area contributed by atoms with Crippen LogP contribution < -0.4 is 10.6 Å². The fourth-order valence-corrected chi connectivity index (χ4v) is 2.92. The predicted molar refractivity (Wildman–Crippen MR) is 109 cm³/mol. The summed E-state index contributed by atoms with van der Waals surface area (Å²) in [6, 6.07) is 17.9. The summed E-state index contributed by atoms with van der Waals surface area (Å²) in [5, 5.41) is 6.37. The molecule has 1 aromatic heterocycles. The van der Waals surface area contributed by atoms with Gasteiger partial charge in [-0.1, -0.05) is 35.9 Å². The van der Waals surface area contributed by atoms with E-state index in [1.54, 1.807) is 36.7 Å². The molecule has 0 radical (unpaired) electrons. The van der Waals surface area contributed by atoms with Gasteiger partial charge in [-0.2, -0.15) is 0 Å². The van der Waals surface area contributed by atoms with Gasteiger partial charge < -0.3 is 10.6 Å². The van der Waals surface area contributed by atoms with E-state index in [0.29, 0.717) is 35.7 Å². The fraction of sp³-hybridized carbons (Fsp3) is 0.136. The Hall–Kier alpha value is -3.18. The van der Waals surface area contributed by atoms with Crippen LogP contribution in [0, 0.1) is 0 Å². The molecule has 2 N–H and O–H groups in total. The average Bonchev–Trinajstić information content (AvgIpc) is 2.73. The van der Waals surface area contributed by atoms with Crippen molar-refractivity contribution in [3.05, 3.63) is 100 Å². The zero-order chi connectivity index (χ0) is 19.8. The highest BCUT2D eigenvalue weighted by Gasteiger charge is 2.10. The van der Waals surface area contributed by atoms with Gasteiger partial charge in [0.05, 0.1) is 0 Å². The monoisotopic (exact) mass is 393 g/mol. The number of carbonyl (C=O) groups is 2. The van der Waals surface area contributed by atoms with Crippen LogP contribution in [-0.4, -0.2) is 23.3 Å². The number of hydrogen-bond donors (Lipinski definition) is 2. The Morgan fingerprint density at radius 2 is 1.57 bits per heavy atom. The van der Waals surface area contributed by atoms with Crippen molar-refractivity contribution in [2.45, 2.75) is 13.0 Å². The van der Waals surface area contributed by atoms with Crippen LogP contribution in [-0.2, 0) is 13.0 Å². The quantitative estimate of drug-likeness (QED) is 0.643. The number of carbonyl (C=O) groups excluding carboxylic acids is 2. The van der Waals surface area contributed by atoms with Crippen LogP contribution in [0.2, 0.25) is 5.02 Å². The molecule has 6 heteroatoms. The molecule has 2 aromatic carbocycles. The highest BCUT2D eigenvalue weighted by Crippen LogP contribution is 2.11. The maximum Gasteiger partial charge on any atom is 0.251 e. The van der Waals surface area contributed by atoms with E-state index in [1.165, 1.54) is 0 Å². The second-order valence-corrected chi connectivity index (χ2v) is 6.70. The van der Waals surface area contributed by atoms with Crippen molar-refractivity contribution in [3.63, 3.8) is 0 Å². The van der Waals surface area contributed by atoms with E-state index in [0.717, 1.165) is 11.1 Å². The number of rotatable bonds is 7. The molecule has 3 rings (SSSR count). The van der Waals surface area contributed by atoms with Crippen molar-refractivity contribution < 1.29 is 9.59 Å². The molecule has 28 heavy (non-hydrogen) atoms. The molecule has 0 spiro atoms. The summed E-state index contributed by atoms with van der Waals surface area (Å²) in [7, 11) is 0. The Kier molecular flexibility index (Phi) is 6.76. The number of halogens is 1. The first-order chi connectivity index (χ1) is 13.6. The zero-order valence-corrected chi connectivity index (χ0v) is 15.9. The van der Waals surface area contributed by atoms with Crippen molar-refractivity contribution in [1.29, 1.82) is 0 Å². The molecule has 0 aliphatic heterocycles. The Labute approximate surface area is 168 Å². The smallest absolute Gasteiger partial charge is 0.251 e. The molecule has 0 unspecified atom stereocenters. The molecular formula is C22H20ClN3O2. The second kappa shape index (κ2) is 9.67. The maximum absolute atomic E-state index is 12.4. The van der Waals surface area contributed by atoms with Crippen LogP contribution >= 0.6 is 11.6 Å². The Bertz CT molecular complexity index is 961. The summed E-state index contributed by atoms with van der Waals surface area (Å²) in [5.74, 6) is -0.457. The van der Waals surface area contributed by atoms with Crippen molar-refractivity contribution in [2.75, 3.05) is 6.54 Å². The predicted octanol–water partition coefficient (Wildman–Crippen LogP) is 3.64. The number of benzene rings is 2.